The molecule has 0 aromatic carbocycles. The maximum absolute atomic E-state index is 11.4. The molecule has 1 aliphatic rings. The Kier molecular flexibility index (Phi) is 4.14. The Morgan fingerprint density at radius 2 is 2.05 bits per heavy atom. The number of anilines is 1. The standard InChI is InChI=1S/C12H17N5O3/c13-7-1-3-8(4-2-7)16-12-10(11(14)18)5-9(6-15-12)17(19)20/h5-8H,1-4,13H2,(H2,14,18)(H,15,16). The van der Waals surface area contributed by atoms with E-state index in [1.54, 1.807) is 0 Å². The van der Waals surface area contributed by atoms with Gasteiger partial charge in [-0.3, -0.25) is 14.9 Å². The van der Waals surface area contributed by atoms with Crippen LogP contribution in [-0.2, 0) is 0 Å². The molecule has 2 rings (SSSR count). The quantitative estimate of drug-likeness (QED) is 0.549. The van der Waals surface area contributed by atoms with Crippen LogP contribution in [0.3, 0.4) is 0 Å². The van der Waals surface area contributed by atoms with Crippen molar-refractivity contribution in [3.8, 4) is 0 Å². The van der Waals surface area contributed by atoms with Gasteiger partial charge in [0.05, 0.1) is 10.5 Å². The molecule has 0 saturated heterocycles. The second-order valence-corrected chi connectivity index (χ2v) is 4.97. The first kappa shape index (κ1) is 14.2. The number of carbonyl (C=O) groups excluding carboxylic acids is 1. The molecule has 20 heavy (non-hydrogen) atoms. The smallest absolute Gasteiger partial charge is 0.288 e. The van der Waals surface area contributed by atoms with E-state index in [-0.39, 0.29) is 23.3 Å². The van der Waals surface area contributed by atoms with E-state index in [0.29, 0.717) is 5.82 Å². The topological polar surface area (TPSA) is 137 Å². The summed E-state index contributed by atoms with van der Waals surface area (Å²) in [7, 11) is 0. The van der Waals surface area contributed by atoms with Gasteiger partial charge in [-0.25, -0.2) is 4.98 Å². The molecule has 1 heterocycles. The van der Waals surface area contributed by atoms with Crippen molar-refractivity contribution in [3.63, 3.8) is 0 Å². The van der Waals surface area contributed by atoms with Crippen molar-refractivity contribution >= 4 is 17.4 Å². The van der Waals surface area contributed by atoms with Gasteiger partial charge in [-0.05, 0) is 25.7 Å². The summed E-state index contributed by atoms with van der Waals surface area (Å²) in [6.45, 7) is 0. The van der Waals surface area contributed by atoms with Crippen LogP contribution in [-0.4, -0.2) is 27.9 Å². The van der Waals surface area contributed by atoms with Gasteiger partial charge in [0.1, 0.15) is 12.0 Å². The number of hydrogen-bond acceptors (Lipinski definition) is 6. The monoisotopic (exact) mass is 279 g/mol. The average molecular weight is 279 g/mol. The number of nitro groups is 1. The minimum absolute atomic E-state index is 0.0362. The third-order valence-corrected chi connectivity index (χ3v) is 3.46. The first-order chi connectivity index (χ1) is 9.47. The van der Waals surface area contributed by atoms with Crippen molar-refractivity contribution in [2.75, 3.05) is 5.32 Å². The van der Waals surface area contributed by atoms with Gasteiger partial charge in [-0.15, -0.1) is 0 Å². The Hall–Kier alpha value is -2.22. The molecule has 5 N–H and O–H groups in total. The van der Waals surface area contributed by atoms with Crippen molar-refractivity contribution in [2.24, 2.45) is 11.5 Å². The molecule has 0 spiro atoms. The van der Waals surface area contributed by atoms with Crippen LogP contribution < -0.4 is 16.8 Å². The maximum atomic E-state index is 11.4. The van der Waals surface area contributed by atoms with Gasteiger partial charge in [0.25, 0.3) is 11.6 Å². The molecule has 1 fully saturated rings. The lowest BCUT2D eigenvalue weighted by molar-refractivity contribution is -0.385. The van der Waals surface area contributed by atoms with Crippen molar-refractivity contribution in [2.45, 2.75) is 37.8 Å². The number of primary amides is 1. The van der Waals surface area contributed by atoms with Crippen LogP contribution in [0, 0.1) is 10.1 Å². The van der Waals surface area contributed by atoms with E-state index in [9.17, 15) is 14.9 Å². The minimum Gasteiger partial charge on any atom is -0.367 e. The highest BCUT2D eigenvalue weighted by Gasteiger charge is 2.22. The van der Waals surface area contributed by atoms with Gasteiger partial charge < -0.3 is 16.8 Å². The molecule has 8 nitrogen and oxygen atoms in total. The number of amides is 1. The summed E-state index contributed by atoms with van der Waals surface area (Å²) >= 11 is 0. The van der Waals surface area contributed by atoms with Gasteiger partial charge >= 0.3 is 0 Å². The number of hydrogen-bond donors (Lipinski definition) is 3. The first-order valence-corrected chi connectivity index (χ1v) is 6.43. The summed E-state index contributed by atoms with van der Waals surface area (Å²) in [6.07, 6.45) is 4.66. The molecule has 1 aromatic heterocycles. The number of nitrogens with zero attached hydrogens (tertiary/aromatic N) is 2. The van der Waals surface area contributed by atoms with Crippen molar-refractivity contribution in [3.05, 3.63) is 27.9 Å². The molecule has 0 atom stereocenters. The molecule has 0 unspecified atom stereocenters. The average Bonchev–Trinajstić information content (AvgIpc) is 2.41. The number of carbonyl (C=O) groups is 1. The molecular weight excluding hydrogens is 262 g/mol. The van der Waals surface area contributed by atoms with Crippen LogP contribution in [0.2, 0.25) is 0 Å². The number of nitrogens with one attached hydrogen (secondary N) is 1. The fourth-order valence-electron chi connectivity index (χ4n) is 2.31. The van der Waals surface area contributed by atoms with Crippen LogP contribution in [0.25, 0.3) is 0 Å². The molecule has 0 bridgehead atoms. The SMILES string of the molecule is NC(=O)c1cc([N+](=O)[O-])cnc1NC1CCC(N)CC1. The fraction of sp³-hybridized carbons (Fsp3) is 0.500. The largest absolute Gasteiger partial charge is 0.367 e. The second-order valence-electron chi connectivity index (χ2n) is 4.97. The molecule has 1 aromatic rings. The van der Waals surface area contributed by atoms with Gasteiger partial charge in [-0.1, -0.05) is 0 Å². The molecule has 1 saturated carbocycles. The predicted molar refractivity (Wildman–Crippen MR) is 73.3 cm³/mol. The van der Waals surface area contributed by atoms with Crippen molar-refractivity contribution < 1.29 is 9.72 Å². The number of pyridine rings is 1. The van der Waals surface area contributed by atoms with Gasteiger partial charge in [-0.2, -0.15) is 0 Å². The van der Waals surface area contributed by atoms with E-state index in [4.69, 9.17) is 11.5 Å². The summed E-state index contributed by atoms with van der Waals surface area (Å²) in [5.41, 5.74) is 10.9. The molecular formula is C12H17N5O3. The van der Waals surface area contributed by atoms with Crippen LogP contribution >= 0.6 is 0 Å². The normalized spacial score (nSPS) is 22.2. The lowest BCUT2D eigenvalue weighted by Gasteiger charge is -2.27. The fourth-order valence-corrected chi connectivity index (χ4v) is 2.31. The zero-order valence-corrected chi connectivity index (χ0v) is 10.9. The van der Waals surface area contributed by atoms with Crippen LogP contribution in [0.5, 0.6) is 0 Å². The van der Waals surface area contributed by atoms with E-state index < -0.39 is 10.8 Å². The lowest BCUT2D eigenvalue weighted by atomic mass is 9.92. The van der Waals surface area contributed by atoms with Gasteiger partial charge in [0.15, 0.2) is 0 Å². The highest BCUT2D eigenvalue weighted by Crippen LogP contribution is 2.24. The van der Waals surface area contributed by atoms with Crippen LogP contribution in [0.15, 0.2) is 12.3 Å². The third-order valence-electron chi connectivity index (χ3n) is 3.46. The Morgan fingerprint density at radius 3 is 2.60 bits per heavy atom. The van der Waals surface area contributed by atoms with Crippen molar-refractivity contribution in [1.29, 1.82) is 0 Å². The number of aromatic nitrogens is 1. The Bertz CT molecular complexity index is 526. The highest BCUT2D eigenvalue weighted by molar-refractivity contribution is 5.98. The van der Waals surface area contributed by atoms with E-state index in [0.717, 1.165) is 37.9 Å². The molecule has 8 heteroatoms. The molecule has 0 radical (unpaired) electrons. The third kappa shape index (κ3) is 3.21. The van der Waals surface area contributed by atoms with E-state index in [2.05, 4.69) is 10.3 Å². The summed E-state index contributed by atoms with van der Waals surface area (Å²) in [4.78, 5) is 25.4. The predicted octanol–water partition coefficient (Wildman–Crippen LogP) is 0.770. The summed E-state index contributed by atoms with van der Waals surface area (Å²) in [6, 6.07) is 1.52. The maximum Gasteiger partial charge on any atom is 0.288 e. The molecule has 0 aliphatic heterocycles. The first-order valence-electron chi connectivity index (χ1n) is 6.43. The number of rotatable bonds is 4. The number of nitrogens with two attached hydrogens (primary N) is 2. The van der Waals surface area contributed by atoms with Gasteiger partial charge in [0.2, 0.25) is 0 Å². The van der Waals surface area contributed by atoms with E-state index >= 15 is 0 Å². The Balaban J connectivity index is 2.18. The Morgan fingerprint density at radius 1 is 1.40 bits per heavy atom. The van der Waals surface area contributed by atoms with E-state index in [1.165, 1.54) is 0 Å². The Labute approximate surface area is 115 Å². The molecule has 1 aliphatic carbocycles. The van der Waals surface area contributed by atoms with Gasteiger partial charge in [0, 0.05) is 18.2 Å². The van der Waals surface area contributed by atoms with Crippen molar-refractivity contribution in [1.82, 2.24) is 4.98 Å². The van der Waals surface area contributed by atoms with Crippen LogP contribution in [0.1, 0.15) is 36.0 Å². The second kappa shape index (κ2) is 5.83. The minimum atomic E-state index is -0.740. The molecule has 108 valence electrons. The summed E-state index contributed by atoms with van der Waals surface area (Å²) < 4.78 is 0. The summed E-state index contributed by atoms with van der Waals surface area (Å²) in [5, 5.41) is 13.8. The highest BCUT2D eigenvalue weighted by atomic mass is 16.6. The summed E-state index contributed by atoms with van der Waals surface area (Å²) in [5.74, 6) is -0.445. The van der Waals surface area contributed by atoms with E-state index in [1.807, 2.05) is 0 Å². The zero-order chi connectivity index (χ0) is 14.7. The molecule has 1 amide bonds. The lowest BCUT2D eigenvalue weighted by Crippen LogP contribution is -2.33. The zero-order valence-electron chi connectivity index (χ0n) is 10.9. The van der Waals surface area contributed by atoms with Crippen LogP contribution in [0.4, 0.5) is 11.5 Å².